The number of ketones is 1. The van der Waals surface area contributed by atoms with Crippen molar-refractivity contribution < 1.29 is 23.8 Å². The third kappa shape index (κ3) is 4.01. The molecule has 0 radical (unpaired) electrons. The normalized spacial score (nSPS) is 17.9. The minimum Gasteiger partial charge on any atom is -0.507 e. The number of benzene rings is 2. The van der Waals surface area contributed by atoms with Gasteiger partial charge in [0.15, 0.2) is 0 Å². The van der Waals surface area contributed by atoms with Crippen LogP contribution in [0.2, 0.25) is 5.02 Å². The van der Waals surface area contributed by atoms with Gasteiger partial charge in [0.2, 0.25) is 0 Å². The molecule has 0 aliphatic carbocycles. The Morgan fingerprint density at radius 3 is 2.41 bits per heavy atom. The molecule has 1 unspecified atom stereocenters. The summed E-state index contributed by atoms with van der Waals surface area (Å²) in [6.45, 7) is 5.59. The van der Waals surface area contributed by atoms with E-state index >= 15 is 0 Å². The number of nitrogens with zero attached hydrogens (tertiary/aromatic N) is 1. The monoisotopic (exact) mass is 451 g/mol. The summed E-state index contributed by atoms with van der Waals surface area (Å²) in [6.07, 6.45) is -0.000315. The molecule has 1 aromatic heterocycles. The second-order valence-electron chi connectivity index (χ2n) is 7.79. The van der Waals surface area contributed by atoms with Gasteiger partial charge in [-0.2, -0.15) is 0 Å². The maximum Gasteiger partial charge on any atom is 0.300 e. The molecule has 2 heterocycles. The lowest BCUT2D eigenvalue weighted by Gasteiger charge is -2.23. The van der Waals surface area contributed by atoms with Gasteiger partial charge in [-0.3, -0.25) is 14.5 Å². The first-order valence-corrected chi connectivity index (χ1v) is 10.5. The van der Waals surface area contributed by atoms with Crippen LogP contribution in [0, 0.1) is 6.92 Å². The van der Waals surface area contributed by atoms with Crippen LogP contribution in [0.25, 0.3) is 5.76 Å². The molecule has 1 saturated heterocycles. The van der Waals surface area contributed by atoms with Gasteiger partial charge < -0.3 is 14.3 Å². The number of Topliss-reactive ketones (excluding diaryl/α,β-unsaturated/α-hetero) is 1. The van der Waals surface area contributed by atoms with Crippen LogP contribution < -0.4 is 9.64 Å². The van der Waals surface area contributed by atoms with Crippen molar-refractivity contribution >= 4 is 34.7 Å². The van der Waals surface area contributed by atoms with E-state index in [0.717, 1.165) is 0 Å². The quantitative estimate of drug-likeness (QED) is 0.308. The number of aliphatic hydroxyl groups is 1. The van der Waals surface area contributed by atoms with E-state index in [1.807, 2.05) is 13.8 Å². The molecule has 6 nitrogen and oxygen atoms in total. The zero-order valence-corrected chi connectivity index (χ0v) is 18.6. The number of hydrogen-bond donors (Lipinski definition) is 1. The van der Waals surface area contributed by atoms with E-state index in [1.54, 1.807) is 67.6 Å². The molecule has 1 N–H and O–H groups in total. The molecule has 0 bridgehead atoms. The largest absolute Gasteiger partial charge is 0.507 e. The van der Waals surface area contributed by atoms with Gasteiger partial charge in [0.05, 0.1) is 11.7 Å². The first kappa shape index (κ1) is 21.7. The molecule has 1 amide bonds. The Balaban J connectivity index is 1.85. The number of hydrogen-bond acceptors (Lipinski definition) is 5. The number of carbonyl (C=O) groups is 2. The Bertz CT molecular complexity index is 1210. The lowest BCUT2D eigenvalue weighted by Crippen LogP contribution is -2.29. The summed E-state index contributed by atoms with van der Waals surface area (Å²) in [5.41, 5.74) is 0.763. The van der Waals surface area contributed by atoms with Crippen molar-refractivity contribution in [3.05, 3.63) is 88.3 Å². The molecule has 164 valence electrons. The molecule has 1 aliphatic rings. The molecule has 2 aromatic carbocycles. The summed E-state index contributed by atoms with van der Waals surface area (Å²) in [5, 5.41) is 11.5. The van der Waals surface area contributed by atoms with Crippen molar-refractivity contribution in [1.29, 1.82) is 0 Å². The molecule has 4 rings (SSSR count). The average Bonchev–Trinajstić information content (AvgIpc) is 3.29. The third-order valence-electron chi connectivity index (χ3n) is 5.06. The Morgan fingerprint density at radius 2 is 1.81 bits per heavy atom. The summed E-state index contributed by atoms with van der Waals surface area (Å²) in [5.74, 6) is -0.247. The van der Waals surface area contributed by atoms with Crippen LogP contribution in [-0.4, -0.2) is 22.9 Å². The van der Waals surface area contributed by atoms with E-state index in [1.165, 1.54) is 4.90 Å². The summed E-state index contributed by atoms with van der Waals surface area (Å²) >= 11 is 6.13. The van der Waals surface area contributed by atoms with Gasteiger partial charge in [-0.15, -0.1) is 0 Å². The second-order valence-corrected chi connectivity index (χ2v) is 8.22. The number of furan rings is 1. The molecule has 7 heteroatoms. The van der Waals surface area contributed by atoms with Crippen molar-refractivity contribution in [2.75, 3.05) is 4.90 Å². The third-order valence-corrected chi connectivity index (χ3v) is 5.30. The first-order chi connectivity index (χ1) is 15.3. The standard InChI is InChI=1S/C25H22ClNO5/c1-14(2)31-19-10-8-16(9-11-19)23(28)21-22(20-12-7-15(3)32-20)27(25(30)24(21)29)18-6-4-5-17(26)13-18/h4-14,22,28H,1-3H3/b23-21-. The van der Waals surface area contributed by atoms with Crippen LogP contribution >= 0.6 is 11.6 Å². The summed E-state index contributed by atoms with van der Waals surface area (Å²) in [6, 6.07) is 15.8. The molecular weight excluding hydrogens is 430 g/mol. The van der Waals surface area contributed by atoms with Crippen molar-refractivity contribution in [1.82, 2.24) is 0 Å². The van der Waals surface area contributed by atoms with Gasteiger partial charge >= 0.3 is 0 Å². The van der Waals surface area contributed by atoms with Gasteiger partial charge in [-0.25, -0.2) is 0 Å². The van der Waals surface area contributed by atoms with Gasteiger partial charge in [0.1, 0.15) is 29.1 Å². The highest BCUT2D eigenvalue weighted by Gasteiger charge is 2.48. The molecule has 3 aromatic rings. The summed E-state index contributed by atoms with van der Waals surface area (Å²) in [7, 11) is 0. The maximum atomic E-state index is 13.1. The fourth-order valence-electron chi connectivity index (χ4n) is 3.71. The minimum absolute atomic E-state index is 0.000315. The number of aryl methyl sites for hydroxylation is 1. The molecule has 0 spiro atoms. The van der Waals surface area contributed by atoms with Crippen molar-refractivity contribution in [2.45, 2.75) is 32.9 Å². The van der Waals surface area contributed by atoms with Crippen LogP contribution in [-0.2, 0) is 9.59 Å². The Kier molecular flexibility index (Phi) is 5.80. The van der Waals surface area contributed by atoms with Crippen LogP contribution in [0.3, 0.4) is 0 Å². The van der Waals surface area contributed by atoms with E-state index in [2.05, 4.69) is 0 Å². The number of halogens is 1. The second kappa shape index (κ2) is 8.55. The van der Waals surface area contributed by atoms with E-state index in [0.29, 0.717) is 33.5 Å². The number of anilines is 1. The lowest BCUT2D eigenvalue weighted by atomic mass is 9.99. The summed E-state index contributed by atoms with van der Waals surface area (Å²) in [4.78, 5) is 27.4. The van der Waals surface area contributed by atoms with Gasteiger partial charge in [-0.1, -0.05) is 17.7 Å². The van der Waals surface area contributed by atoms with Crippen molar-refractivity contribution in [2.24, 2.45) is 0 Å². The fourth-order valence-corrected chi connectivity index (χ4v) is 3.90. The Hall–Kier alpha value is -3.51. The molecule has 0 saturated carbocycles. The van der Waals surface area contributed by atoms with Crippen LogP contribution in [0.4, 0.5) is 5.69 Å². The Morgan fingerprint density at radius 1 is 1.09 bits per heavy atom. The first-order valence-electron chi connectivity index (χ1n) is 10.2. The minimum atomic E-state index is -0.936. The highest BCUT2D eigenvalue weighted by Crippen LogP contribution is 2.43. The molecule has 32 heavy (non-hydrogen) atoms. The van der Waals surface area contributed by atoms with E-state index < -0.39 is 17.7 Å². The SMILES string of the molecule is Cc1ccc(C2/C(=C(/O)c3ccc(OC(C)C)cc3)C(=O)C(=O)N2c2cccc(Cl)c2)o1. The van der Waals surface area contributed by atoms with E-state index in [9.17, 15) is 14.7 Å². The van der Waals surface area contributed by atoms with Gasteiger partial charge in [0.25, 0.3) is 11.7 Å². The number of rotatable bonds is 5. The topological polar surface area (TPSA) is 80.0 Å². The van der Waals surface area contributed by atoms with E-state index in [4.69, 9.17) is 20.8 Å². The van der Waals surface area contributed by atoms with Crippen molar-refractivity contribution in [3.63, 3.8) is 0 Å². The zero-order chi connectivity index (χ0) is 23.0. The smallest absolute Gasteiger partial charge is 0.300 e. The van der Waals surface area contributed by atoms with Crippen LogP contribution in [0.1, 0.15) is 37.0 Å². The number of aliphatic hydroxyl groups excluding tert-OH is 1. The molecule has 1 fully saturated rings. The van der Waals surface area contributed by atoms with Crippen LogP contribution in [0.5, 0.6) is 5.75 Å². The zero-order valence-electron chi connectivity index (χ0n) is 17.8. The number of carbonyl (C=O) groups excluding carboxylic acids is 2. The average molecular weight is 452 g/mol. The van der Waals surface area contributed by atoms with Gasteiger partial charge in [0, 0.05) is 16.3 Å². The Labute approximate surface area is 190 Å². The fraction of sp³-hybridized carbons (Fsp3) is 0.200. The predicted octanol–water partition coefficient (Wildman–Crippen LogP) is 5.65. The summed E-state index contributed by atoms with van der Waals surface area (Å²) < 4.78 is 11.4. The van der Waals surface area contributed by atoms with E-state index in [-0.39, 0.29) is 17.4 Å². The molecular formula is C25H22ClNO5. The molecule has 1 atom stereocenters. The molecule has 1 aliphatic heterocycles. The number of amides is 1. The highest BCUT2D eigenvalue weighted by atomic mass is 35.5. The lowest BCUT2D eigenvalue weighted by molar-refractivity contribution is -0.132. The predicted molar refractivity (Wildman–Crippen MR) is 122 cm³/mol. The maximum absolute atomic E-state index is 13.1. The van der Waals surface area contributed by atoms with Crippen molar-refractivity contribution in [3.8, 4) is 5.75 Å². The number of ether oxygens (including phenoxy) is 1. The van der Waals surface area contributed by atoms with Gasteiger partial charge in [-0.05, 0) is 75.4 Å². The van der Waals surface area contributed by atoms with Crippen LogP contribution in [0.15, 0.2) is 70.7 Å². The highest BCUT2D eigenvalue weighted by molar-refractivity contribution is 6.51.